The Kier molecular flexibility index (Phi) is 3.13. The van der Waals surface area contributed by atoms with Crippen LogP contribution in [0.25, 0.3) is 0 Å². The maximum Gasteiger partial charge on any atom is 0.251 e. The summed E-state index contributed by atoms with van der Waals surface area (Å²) >= 11 is 0. The van der Waals surface area contributed by atoms with Crippen molar-refractivity contribution >= 4 is 11.6 Å². The third-order valence-electron chi connectivity index (χ3n) is 2.75. The zero-order chi connectivity index (χ0) is 11.5. The van der Waals surface area contributed by atoms with Crippen LogP contribution in [-0.2, 0) is 6.42 Å². The van der Waals surface area contributed by atoms with Gasteiger partial charge in [-0.05, 0) is 36.1 Å². The molecule has 0 atom stereocenters. The van der Waals surface area contributed by atoms with Crippen LogP contribution in [0.3, 0.4) is 0 Å². The van der Waals surface area contributed by atoms with Gasteiger partial charge < -0.3 is 10.6 Å². The highest BCUT2D eigenvalue weighted by Crippen LogP contribution is 2.22. The highest BCUT2D eigenvalue weighted by molar-refractivity contribution is 5.95. The van der Waals surface area contributed by atoms with Gasteiger partial charge in [-0.2, -0.15) is 0 Å². The van der Waals surface area contributed by atoms with Gasteiger partial charge in [0.15, 0.2) is 0 Å². The van der Waals surface area contributed by atoms with Crippen LogP contribution in [0.2, 0.25) is 0 Å². The van der Waals surface area contributed by atoms with E-state index in [1.165, 1.54) is 11.3 Å². The summed E-state index contributed by atoms with van der Waals surface area (Å²) in [6.45, 7) is 5.89. The van der Waals surface area contributed by atoms with Gasteiger partial charge in [0, 0.05) is 24.3 Å². The lowest BCUT2D eigenvalue weighted by molar-refractivity contribution is 0.0949. The molecule has 1 aliphatic heterocycles. The molecule has 0 bridgehead atoms. The Morgan fingerprint density at radius 3 is 3.06 bits per heavy atom. The summed E-state index contributed by atoms with van der Waals surface area (Å²) in [6, 6.07) is 5.87. The molecule has 0 radical (unpaired) electrons. The van der Waals surface area contributed by atoms with Crippen LogP contribution in [0.1, 0.15) is 29.8 Å². The summed E-state index contributed by atoms with van der Waals surface area (Å²) < 4.78 is 0. The van der Waals surface area contributed by atoms with E-state index in [2.05, 4.69) is 24.5 Å². The fourth-order valence-electron chi connectivity index (χ4n) is 1.84. The molecule has 3 nitrogen and oxygen atoms in total. The molecular formula is C13H18N2O. The Bertz CT molecular complexity index is 399. The van der Waals surface area contributed by atoms with Crippen LogP contribution in [-0.4, -0.2) is 19.0 Å². The second kappa shape index (κ2) is 4.56. The molecule has 1 aromatic rings. The van der Waals surface area contributed by atoms with Crippen LogP contribution in [0.5, 0.6) is 0 Å². The fourth-order valence-corrected chi connectivity index (χ4v) is 1.84. The summed E-state index contributed by atoms with van der Waals surface area (Å²) in [5.41, 5.74) is 3.18. The summed E-state index contributed by atoms with van der Waals surface area (Å²) in [4.78, 5) is 11.8. The molecular weight excluding hydrogens is 200 g/mol. The monoisotopic (exact) mass is 218 g/mol. The molecule has 0 aliphatic carbocycles. The second-order valence-electron chi connectivity index (χ2n) is 4.65. The van der Waals surface area contributed by atoms with Crippen molar-refractivity contribution < 1.29 is 4.79 Å². The first kappa shape index (κ1) is 11.0. The minimum absolute atomic E-state index is 0.0309. The van der Waals surface area contributed by atoms with E-state index in [1.807, 2.05) is 18.2 Å². The van der Waals surface area contributed by atoms with Crippen LogP contribution in [0.4, 0.5) is 5.69 Å². The number of fused-ring (bicyclic) bond motifs is 1. The van der Waals surface area contributed by atoms with Gasteiger partial charge >= 0.3 is 0 Å². The van der Waals surface area contributed by atoms with Gasteiger partial charge in [-0.3, -0.25) is 4.79 Å². The Morgan fingerprint density at radius 2 is 2.31 bits per heavy atom. The molecule has 0 saturated carbocycles. The van der Waals surface area contributed by atoms with Crippen molar-refractivity contribution in [2.45, 2.75) is 20.3 Å². The number of nitrogens with one attached hydrogen (secondary N) is 2. The molecule has 1 aliphatic rings. The van der Waals surface area contributed by atoms with Crippen molar-refractivity contribution in [3.63, 3.8) is 0 Å². The number of hydrogen-bond donors (Lipinski definition) is 2. The molecule has 0 saturated heterocycles. The molecule has 2 N–H and O–H groups in total. The Labute approximate surface area is 96.2 Å². The fraction of sp³-hybridized carbons (Fsp3) is 0.462. The van der Waals surface area contributed by atoms with Gasteiger partial charge in [0.2, 0.25) is 0 Å². The first-order chi connectivity index (χ1) is 7.66. The Hall–Kier alpha value is -1.51. The largest absolute Gasteiger partial charge is 0.384 e. The lowest BCUT2D eigenvalue weighted by Gasteiger charge is -2.08. The SMILES string of the molecule is CC(C)CNC(=O)c1ccc2c(c1)CCN2. The molecule has 16 heavy (non-hydrogen) atoms. The summed E-state index contributed by atoms with van der Waals surface area (Å²) in [6.07, 6.45) is 1.01. The molecule has 0 aromatic heterocycles. The minimum Gasteiger partial charge on any atom is -0.384 e. The van der Waals surface area contributed by atoms with Crippen molar-refractivity contribution in [3.8, 4) is 0 Å². The van der Waals surface area contributed by atoms with Crippen LogP contribution >= 0.6 is 0 Å². The molecule has 1 amide bonds. The number of amides is 1. The molecule has 2 rings (SSSR count). The molecule has 3 heteroatoms. The maximum absolute atomic E-state index is 11.8. The van der Waals surface area contributed by atoms with Crippen molar-refractivity contribution in [2.24, 2.45) is 5.92 Å². The molecule has 0 fully saturated rings. The van der Waals surface area contributed by atoms with Crippen molar-refractivity contribution in [3.05, 3.63) is 29.3 Å². The summed E-state index contributed by atoms with van der Waals surface area (Å²) in [5.74, 6) is 0.517. The number of benzene rings is 1. The van der Waals surface area contributed by atoms with E-state index in [1.54, 1.807) is 0 Å². The van der Waals surface area contributed by atoms with E-state index in [0.717, 1.165) is 25.1 Å². The quantitative estimate of drug-likeness (QED) is 0.815. The Morgan fingerprint density at radius 1 is 1.50 bits per heavy atom. The van der Waals surface area contributed by atoms with Crippen LogP contribution < -0.4 is 10.6 Å². The van der Waals surface area contributed by atoms with Gasteiger partial charge in [0.05, 0.1) is 0 Å². The zero-order valence-corrected chi connectivity index (χ0v) is 9.84. The average Bonchev–Trinajstić information content (AvgIpc) is 2.72. The van der Waals surface area contributed by atoms with Crippen LogP contribution in [0.15, 0.2) is 18.2 Å². The second-order valence-corrected chi connectivity index (χ2v) is 4.65. The first-order valence-corrected chi connectivity index (χ1v) is 5.82. The van der Waals surface area contributed by atoms with E-state index in [9.17, 15) is 4.79 Å². The van der Waals surface area contributed by atoms with Crippen molar-refractivity contribution in [1.82, 2.24) is 5.32 Å². The van der Waals surface area contributed by atoms with E-state index >= 15 is 0 Å². The van der Waals surface area contributed by atoms with Gasteiger partial charge in [0.1, 0.15) is 0 Å². The van der Waals surface area contributed by atoms with Gasteiger partial charge in [-0.15, -0.1) is 0 Å². The first-order valence-electron chi connectivity index (χ1n) is 5.82. The van der Waals surface area contributed by atoms with Gasteiger partial charge in [-0.25, -0.2) is 0 Å². The predicted molar refractivity (Wildman–Crippen MR) is 65.8 cm³/mol. The number of hydrogen-bond acceptors (Lipinski definition) is 2. The number of rotatable bonds is 3. The smallest absolute Gasteiger partial charge is 0.251 e. The molecule has 0 spiro atoms. The zero-order valence-electron chi connectivity index (χ0n) is 9.84. The predicted octanol–water partition coefficient (Wildman–Crippen LogP) is 2.04. The standard InChI is InChI=1S/C13H18N2O/c1-9(2)8-15-13(16)11-3-4-12-10(7-11)5-6-14-12/h3-4,7,9,14H,5-6,8H2,1-2H3,(H,15,16). The summed E-state index contributed by atoms with van der Waals surface area (Å²) in [7, 11) is 0. The number of carbonyl (C=O) groups is 1. The minimum atomic E-state index is 0.0309. The third-order valence-corrected chi connectivity index (χ3v) is 2.75. The Balaban J connectivity index is 2.06. The van der Waals surface area contributed by atoms with Gasteiger partial charge in [-0.1, -0.05) is 13.8 Å². The highest BCUT2D eigenvalue weighted by Gasteiger charge is 2.13. The van der Waals surface area contributed by atoms with E-state index in [0.29, 0.717) is 5.92 Å². The maximum atomic E-state index is 11.8. The molecule has 86 valence electrons. The van der Waals surface area contributed by atoms with Crippen molar-refractivity contribution in [1.29, 1.82) is 0 Å². The molecule has 1 heterocycles. The topological polar surface area (TPSA) is 41.1 Å². The van der Waals surface area contributed by atoms with E-state index in [4.69, 9.17) is 0 Å². The normalized spacial score (nSPS) is 13.4. The van der Waals surface area contributed by atoms with E-state index < -0.39 is 0 Å². The van der Waals surface area contributed by atoms with E-state index in [-0.39, 0.29) is 5.91 Å². The summed E-state index contributed by atoms with van der Waals surface area (Å²) in [5, 5.41) is 6.21. The van der Waals surface area contributed by atoms with Crippen molar-refractivity contribution in [2.75, 3.05) is 18.4 Å². The number of anilines is 1. The third kappa shape index (κ3) is 2.35. The lowest BCUT2D eigenvalue weighted by atomic mass is 10.1. The number of carbonyl (C=O) groups excluding carboxylic acids is 1. The van der Waals surface area contributed by atoms with Gasteiger partial charge in [0.25, 0.3) is 5.91 Å². The molecule has 0 unspecified atom stereocenters. The lowest BCUT2D eigenvalue weighted by Crippen LogP contribution is -2.27. The highest BCUT2D eigenvalue weighted by atomic mass is 16.1. The molecule has 1 aromatic carbocycles. The average molecular weight is 218 g/mol. The van der Waals surface area contributed by atoms with Crippen LogP contribution in [0, 0.1) is 5.92 Å².